The topological polar surface area (TPSA) is 69.9 Å². The quantitative estimate of drug-likeness (QED) is 0.732. The summed E-state index contributed by atoms with van der Waals surface area (Å²) in [5.74, 6) is -0.342. The minimum Gasteiger partial charge on any atom is -0.394 e. The molecule has 0 bridgehead atoms. The number of aliphatic hydroxyl groups excluding tert-OH is 3. The van der Waals surface area contributed by atoms with Gasteiger partial charge in [0.25, 0.3) is 0 Å². The molecule has 1 saturated heterocycles. The van der Waals surface area contributed by atoms with E-state index in [2.05, 4.69) is 31.2 Å². The summed E-state index contributed by atoms with van der Waals surface area (Å²) in [4.78, 5) is 0. The normalized spacial score (nSPS) is 28.3. The molecule has 0 saturated carbocycles. The monoisotopic (exact) mass is 390 g/mol. The molecule has 1 aliphatic rings. The van der Waals surface area contributed by atoms with E-state index in [4.69, 9.17) is 16.3 Å². The molecule has 0 aromatic heterocycles. The highest BCUT2D eigenvalue weighted by Crippen LogP contribution is 2.36. The Bertz CT molecular complexity index is 759. The Kier molecular flexibility index (Phi) is 6.56. The van der Waals surface area contributed by atoms with Crippen LogP contribution in [0.25, 0.3) is 0 Å². The van der Waals surface area contributed by atoms with Gasteiger partial charge < -0.3 is 20.1 Å². The molecule has 1 aliphatic heterocycles. The summed E-state index contributed by atoms with van der Waals surface area (Å²) >= 11 is 6.40. The smallest absolute Gasteiger partial charge is 0.111 e. The van der Waals surface area contributed by atoms with Gasteiger partial charge in [0, 0.05) is 10.9 Å². The molecule has 3 rings (SSSR count). The Labute approximate surface area is 165 Å². The maximum absolute atomic E-state index is 10.5. The number of rotatable bonds is 5. The molecule has 5 atom stereocenters. The number of hydrogen-bond donors (Lipinski definition) is 3. The third-order valence-corrected chi connectivity index (χ3v) is 5.88. The zero-order valence-corrected chi connectivity index (χ0v) is 16.4. The van der Waals surface area contributed by atoms with Gasteiger partial charge in [0.2, 0.25) is 0 Å². The van der Waals surface area contributed by atoms with Crippen LogP contribution >= 0.6 is 11.6 Å². The van der Waals surface area contributed by atoms with Crippen molar-refractivity contribution in [1.82, 2.24) is 0 Å². The number of halogens is 1. The summed E-state index contributed by atoms with van der Waals surface area (Å²) in [6, 6.07) is 13.9. The van der Waals surface area contributed by atoms with Crippen molar-refractivity contribution in [3.63, 3.8) is 0 Å². The second-order valence-electron chi connectivity index (χ2n) is 7.32. The lowest BCUT2D eigenvalue weighted by atomic mass is 9.85. The Hall–Kier alpha value is -1.43. The van der Waals surface area contributed by atoms with Crippen molar-refractivity contribution in [1.29, 1.82) is 0 Å². The number of aliphatic hydroxyl groups is 3. The summed E-state index contributed by atoms with van der Waals surface area (Å²) in [5, 5.41) is 31.0. The first-order valence-electron chi connectivity index (χ1n) is 9.43. The highest BCUT2D eigenvalue weighted by molar-refractivity contribution is 6.31. The summed E-state index contributed by atoms with van der Waals surface area (Å²) in [6.45, 7) is 3.68. The Morgan fingerprint density at radius 2 is 1.67 bits per heavy atom. The summed E-state index contributed by atoms with van der Waals surface area (Å²) < 4.78 is 5.89. The average Bonchev–Trinajstić information content (AvgIpc) is 2.69. The SMILES string of the molecule is CCc1ccc(Cc2cc([C@@H]3O[C@H](CO)[C@@H](C)[C@H](O)[C@H]3O)ccc2Cl)cc1. The van der Waals surface area contributed by atoms with Crippen LogP contribution in [0, 0.1) is 5.92 Å². The molecule has 0 unspecified atom stereocenters. The number of ether oxygens (including phenoxy) is 1. The minimum absolute atomic E-state index is 0.203. The van der Waals surface area contributed by atoms with E-state index in [-0.39, 0.29) is 12.5 Å². The molecular formula is C22H27ClO4. The lowest BCUT2D eigenvalue weighted by Crippen LogP contribution is -2.50. The predicted octanol–water partition coefficient (Wildman–Crippen LogP) is 3.28. The van der Waals surface area contributed by atoms with Crippen molar-refractivity contribution in [3.8, 4) is 0 Å². The zero-order valence-electron chi connectivity index (χ0n) is 15.7. The van der Waals surface area contributed by atoms with Gasteiger partial charge >= 0.3 is 0 Å². The molecule has 27 heavy (non-hydrogen) atoms. The minimum atomic E-state index is -1.05. The number of hydrogen-bond acceptors (Lipinski definition) is 4. The molecule has 2 aromatic rings. The first-order chi connectivity index (χ1) is 12.9. The third-order valence-electron chi connectivity index (χ3n) is 5.51. The van der Waals surface area contributed by atoms with Crippen LogP contribution in [0.4, 0.5) is 0 Å². The third kappa shape index (κ3) is 4.36. The van der Waals surface area contributed by atoms with E-state index in [0.717, 1.165) is 23.1 Å². The molecule has 0 amide bonds. The van der Waals surface area contributed by atoms with E-state index in [0.29, 0.717) is 11.4 Å². The number of aryl methyl sites for hydroxylation is 1. The fourth-order valence-corrected chi connectivity index (χ4v) is 3.79. The van der Waals surface area contributed by atoms with E-state index in [1.165, 1.54) is 5.56 Å². The van der Waals surface area contributed by atoms with Crippen molar-refractivity contribution >= 4 is 11.6 Å². The van der Waals surface area contributed by atoms with Crippen LogP contribution < -0.4 is 0 Å². The second kappa shape index (κ2) is 8.72. The first-order valence-corrected chi connectivity index (χ1v) is 9.81. The molecule has 3 N–H and O–H groups in total. The van der Waals surface area contributed by atoms with Gasteiger partial charge in [-0.3, -0.25) is 0 Å². The van der Waals surface area contributed by atoms with Crippen molar-refractivity contribution in [2.24, 2.45) is 5.92 Å². The van der Waals surface area contributed by atoms with Crippen molar-refractivity contribution < 1.29 is 20.1 Å². The van der Waals surface area contributed by atoms with E-state index < -0.39 is 24.4 Å². The van der Waals surface area contributed by atoms with Gasteiger partial charge in [-0.05, 0) is 41.2 Å². The second-order valence-corrected chi connectivity index (χ2v) is 7.72. The molecule has 5 heteroatoms. The van der Waals surface area contributed by atoms with E-state index >= 15 is 0 Å². The van der Waals surface area contributed by atoms with E-state index in [1.54, 1.807) is 19.1 Å². The highest BCUT2D eigenvalue weighted by Gasteiger charge is 2.42. The molecule has 0 radical (unpaired) electrons. The maximum atomic E-state index is 10.5. The first kappa shape index (κ1) is 20.3. The molecule has 1 heterocycles. The van der Waals surface area contributed by atoms with Gasteiger partial charge in [-0.1, -0.05) is 61.8 Å². The largest absolute Gasteiger partial charge is 0.394 e. The van der Waals surface area contributed by atoms with Crippen LogP contribution in [-0.4, -0.2) is 40.2 Å². The summed E-state index contributed by atoms with van der Waals surface area (Å²) in [7, 11) is 0. The van der Waals surface area contributed by atoms with E-state index in [9.17, 15) is 15.3 Å². The molecule has 0 spiro atoms. The standard InChI is InChI=1S/C22H27ClO4/c1-3-14-4-6-15(7-5-14)10-17-11-16(8-9-18(17)23)22-21(26)20(25)13(2)19(12-24)27-22/h4-9,11,13,19-22,24-26H,3,10,12H2,1-2H3/t13-,19-,20+,21-,22+/m1/s1. The van der Waals surface area contributed by atoms with Gasteiger partial charge in [0.15, 0.2) is 0 Å². The molecule has 146 valence electrons. The Balaban J connectivity index is 1.85. The van der Waals surface area contributed by atoms with Gasteiger partial charge in [-0.2, -0.15) is 0 Å². The van der Waals surface area contributed by atoms with Gasteiger partial charge in [-0.15, -0.1) is 0 Å². The van der Waals surface area contributed by atoms with Crippen LogP contribution in [0.3, 0.4) is 0 Å². The molecular weight excluding hydrogens is 364 g/mol. The van der Waals surface area contributed by atoms with Crippen molar-refractivity contribution in [2.45, 2.75) is 51.1 Å². The van der Waals surface area contributed by atoms with Crippen LogP contribution in [0.15, 0.2) is 42.5 Å². The maximum Gasteiger partial charge on any atom is 0.111 e. The van der Waals surface area contributed by atoms with Crippen LogP contribution in [0.5, 0.6) is 0 Å². The van der Waals surface area contributed by atoms with Crippen LogP contribution in [0.2, 0.25) is 5.02 Å². The predicted molar refractivity (Wildman–Crippen MR) is 106 cm³/mol. The zero-order chi connectivity index (χ0) is 19.6. The van der Waals surface area contributed by atoms with Gasteiger partial charge in [0.05, 0.1) is 18.8 Å². The average molecular weight is 391 g/mol. The lowest BCUT2D eigenvalue weighted by molar-refractivity contribution is -0.207. The van der Waals surface area contributed by atoms with Gasteiger partial charge in [-0.25, -0.2) is 0 Å². The summed E-state index contributed by atoms with van der Waals surface area (Å²) in [6.07, 6.45) is -1.56. The van der Waals surface area contributed by atoms with Crippen molar-refractivity contribution in [2.75, 3.05) is 6.61 Å². The molecule has 1 fully saturated rings. The highest BCUT2D eigenvalue weighted by atomic mass is 35.5. The Morgan fingerprint density at radius 1 is 1.00 bits per heavy atom. The Morgan fingerprint density at radius 3 is 2.30 bits per heavy atom. The molecule has 0 aliphatic carbocycles. The molecule has 4 nitrogen and oxygen atoms in total. The van der Waals surface area contributed by atoms with E-state index in [1.807, 2.05) is 6.07 Å². The number of benzene rings is 2. The fraction of sp³-hybridized carbons (Fsp3) is 0.455. The molecule has 2 aromatic carbocycles. The lowest BCUT2D eigenvalue weighted by Gasteiger charge is -2.41. The van der Waals surface area contributed by atoms with Gasteiger partial charge in [0.1, 0.15) is 12.2 Å². The van der Waals surface area contributed by atoms with Crippen LogP contribution in [-0.2, 0) is 17.6 Å². The van der Waals surface area contributed by atoms with Crippen molar-refractivity contribution in [3.05, 3.63) is 69.7 Å². The van der Waals surface area contributed by atoms with Crippen LogP contribution in [0.1, 0.15) is 42.2 Å². The fourth-order valence-electron chi connectivity index (χ4n) is 3.61. The summed E-state index contributed by atoms with van der Waals surface area (Å²) in [5.41, 5.74) is 4.12.